The zero-order chi connectivity index (χ0) is 7.73. The molecule has 0 aromatic heterocycles. The third-order valence-electron chi connectivity index (χ3n) is 3.19. The lowest BCUT2D eigenvalue weighted by Gasteiger charge is -2.32. The molecule has 1 N–H and O–H groups in total. The van der Waals surface area contributed by atoms with Gasteiger partial charge in [0.05, 0.1) is 6.61 Å². The molecule has 2 unspecified atom stereocenters. The molecule has 2 atom stereocenters. The quantitative estimate of drug-likeness (QED) is 0.643. The van der Waals surface area contributed by atoms with Crippen LogP contribution in [0.1, 0.15) is 19.3 Å². The lowest BCUT2D eigenvalue weighted by molar-refractivity contribution is 0.0702. The van der Waals surface area contributed by atoms with Crippen molar-refractivity contribution in [2.24, 2.45) is 11.3 Å². The largest absolute Gasteiger partial charge is 0.384 e. The maximum atomic E-state index is 5.26. The average molecular weight is 155 g/mol. The number of fused-ring (bicyclic) bond motifs is 2. The summed E-state index contributed by atoms with van der Waals surface area (Å²) in [5.74, 6) is 0.943. The normalized spacial score (nSPS) is 42.8. The summed E-state index contributed by atoms with van der Waals surface area (Å²) in [6.45, 7) is 3.37. The summed E-state index contributed by atoms with van der Waals surface area (Å²) in [4.78, 5) is 0. The lowest BCUT2D eigenvalue weighted by Crippen LogP contribution is -2.41. The van der Waals surface area contributed by atoms with Gasteiger partial charge in [0.15, 0.2) is 0 Å². The Kier molecular flexibility index (Phi) is 1.90. The Labute approximate surface area is 68.3 Å². The molecule has 1 aliphatic heterocycles. The van der Waals surface area contributed by atoms with Gasteiger partial charge in [0.1, 0.15) is 0 Å². The van der Waals surface area contributed by atoms with E-state index in [1.54, 1.807) is 0 Å². The first-order chi connectivity index (χ1) is 5.35. The smallest absolute Gasteiger partial charge is 0.0530 e. The maximum Gasteiger partial charge on any atom is 0.0530 e. The summed E-state index contributed by atoms with van der Waals surface area (Å²) in [5.41, 5.74) is 0.512. The number of ether oxygens (including phenoxy) is 1. The summed E-state index contributed by atoms with van der Waals surface area (Å²) in [5, 5.41) is 3.49. The van der Waals surface area contributed by atoms with E-state index in [0.29, 0.717) is 5.41 Å². The SMILES string of the molecule is COCC12CCC(CNC1)C2. The summed E-state index contributed by atoms with van der Waals surface area (Å²) >= 11 is 0. The monoisotopic (exact) mass is 155 g/mol. The first kappa shape index (κ1) is 7.56. The van der Waals surface area contributed by atoms with Gasteiger partial charge < -0.3 is 10.1 Å². The summed E-state index contributed by atoms with van der Waals surface area (Å²) in [6.07, 6.45) is 4.18. The fourth-order valence-corrected chi connectivity index (χ4v) is 2.69. The Morgan fingerprint density at radius 1 is 1.64 bits per heavy atom. The minimum Gasteiger partial charge on any atom is -0.384 e. The van der Waals surface area contributed by atoms with Crippen LogP contribution in [0.3, 0.4) is 0 Å². The number of methoxy groups -OCH3 is 1. The highest BCUT2D eigenvalue weighted by Crippen LogP contribution is 2.43. The van der Waals surface area contributed by atoms with E-state index in [9.17, 15) is 0 Å². The van der Waals surface area contributed by atoms with Crippen LogP contribution in [0.5, 0.6) is 0 Å². The molecule has 1 saturated heterocycles. The molecule has 1 saturated carbocycles. The van der Waals surface area contributed by atoms with E-state index in [1.807, 2.05) is 7.11 Å². The van der Waals surface area contributed by atoms with Gasteiger partial charge in [-0.25, -0.2) is 0 Å². The van der Waals surface area contributed by atoms with Crippen molar-refractivity contribution in [3.05, 3.63) is 0 Å². The van der Waals surface area contributed by atoms with Crippen LogP contribution in [0.2, 0.25) is 0 Å². The molecular formula is C9H17NO. The van der Waals surface area contributed by atoms with Crippen LogP contribution in [-0.2, 0) is 4.74 Å². The van der Waals surface area contributed by atoms with Crippen LogP contribution in [0.4, 0.5) is 0 Å². The highest BCUT2D eigenvalue weighted by atomic mass is 16.5. The predicted octanol–water partition coefficient (Wildman–Crippen LogP) is 1.02. The summed E-state index contributed by atoms with van der Waals surface area (Å²) in [7, 11) is 1.82. The minimum absolute atomic E-state index is 0.512. The minimum atomic E-state index is 0.512. The van der Waals surface area contributed by atoms with Crippen molar-refractivity contribution in [1.29, 1.82) is 0 Å². The van der Waals surface area contributed by atoms with E-state index in [0.717, 1.165) is 12.5 Å². The molecule has 0 aromatic carbocycles. The van der Waals surface area contributed by atoms with Crippen LogP contribution >= 0.6 is 0 Å². The summed E-state index contributed by atoms with van der Waals surface area (Å²) < 4.78 is 5.26. The van der Waals surface area contributed by atoms with Crippen molar-refractivity contribution in [3.63, 3.8) is 0 Å². The second-order valence-corrected chi connectivity index (χ2v) is 4.17. The molecule has 0 radical (unpaired) electrons. The van der Waals surface area contributed by atoms with Crippen molar-refractivity contribution in [2.45, 2.75) is 19.3 Å². The second kappa shape index (κ2) is 2.76. The molecule has 1 heterocycles. The van der Waals surface area contributed by atoms with Crippen molar-refractivity contribution >= 4 is 0 Å². The van der Waals surface area contributed by atoms with Gasteiger partial charge >= 0.3 is 0 Å². The van der Waals surface area contributed by atoms with E-state index < -0.39 is 0 Å². The van der Waals surface area contributed by atoms with E-state index >= 15 is 0 Å². The first-order valence-electron chi connectivity index (χ1n) is 4.54. The Balaban J connectivity index is 2.01. The Morgan fingerprint density at radius 2 is 2.55 bits per heavy atom. The molecular weight excluding hydrogens is 138 g/mol. The number of piperidine rings is 1. The predicted molar refractivity (Wildman–Crippen MR) is 44.5 cm³/mol. The third kappa shape index (κ3) is 1.30. The number of nitrogens with one attached hydrogen (secondary N) is 1. The van der Waals surface area contributed by atoms with Gasteiger partial charge in [-0.2, -0.15) is 0 Å². The van der Waals surface area contributed by atoms with Gasteiger partial charge in [-0.05, 0) is 31.7 Å². The van der Waals surface area contributed by atoms with Crippen molar-refractivity contribution in [3.8, 4) is 0 Å². The average Bonchev–Trinajstić information content (AvgIpc) is 2.28. The molecule has 2 nitrogen and oxygen atoms in total. The molecule has 64 valence electrons. The van der Waals surface area contributed by atoms with Gasteiger partial charge in [0, 0.05) is 19.1 Å². The molecule has 0 aromatic rings. The Bertz CT molecular complexity index is 139. The molecule has 1 aliphatic carbocycles. The molecule has 0 spiro atoms. The molecule has 2 aliphatic rings. The molecule has 2 heteroatoms. The van der Waals surface area contributed by atoms with Crippen LogP contribution < -0.4 is 5.32 Å². The Hall–Kier alpha value is -0.0800. The van der Waals surface area contributed by atoms with Crippen LogP contribution in [0.15, 0.2) is 0 Å². The molecule has 11 heavy (non-hydrogen) atoms. The highest BCUT2D eigenvalue weighted by molar-refractivity contribution is 4.95. The van der Waals surface area contributed by atoms with E-state index in [-0.39, 0.29) is 0 Å². The third-order valence-corrected chi connectivity index (χ3v) is 3.19. The molecule has 2 rings (SSSR count). The fourth-order valence-electron chi connectivity index (χ4n) is 2.69. The number of hydrogen-bond acceptors (Lipinski definition) is 2. The highest BCUT2D eigenvalue weighted by Gasteiger charge is 2.41. The van der Waals surface area contributed by atoms with Gasteiger partial charge in [-0.15, -0.1) is 0 Å². The zero-order valence-electron chi connectivity index (χ0n) is 7.23. The van der Waals surface area contributed by atoms with Crippen molar-refractivity contribution < 1.29 is 4.74 Å². The zero-order valence-corrected chi connectivity index (χ0v) is 7.23. The molecule has 2 bridgehead atoms. The van der Waals surface area contributed by atoms with Crippen molar-refractivity contribution in [1.82, 2.24) is 5.32 Å². The van der Waals surface area contributed by atoms with Gasteiger partial charge in [-0.3, -0.25) is 0 Å². The topological polar surface area (TPSA) is 21.3 Å². The van der Waals surface area contributed by atoms with Gasteiger partial charge in [0.25, 0.3) is 0 Å². The number of hydrogen-bond donors (Lipinski definition) is 1. The second-order valence-electron chi connectivity index (χ2n) is 4.17. The van der Waals surface area contributed by atoms with E-state index in [2.05, 4.69) is 5.32 Å². The summed E-state index contributed by atoms with van der Waals surface area (Å²) in [6, 6.07) is 0. The van der Waals surface area contributed by atoms with Gasteiger partial charge in [0.2, 0.25) is 0 Å². The van der Waals surface area contributed by atoms with E-state index in [1.165, 1.54) is 32.4 Å². The van der Waals surface area contributed by atoms with Crippen LogP contribution in [-0.4, -0.2) is 26.8 Å². The molecule has 0 amide bonds. The van der Waals surface area contributed by atoms with Gasteiger partial charge in [-0.1, -0.05) is 0 Å². The Morgan fingerprint density at radius 3 is 3.36 bits per heavy atom. The van der Waals surface area contributed by atoms with E-state index in [4.69, 9.17) is 4.74 Å². The standard InChI is InChI=1S/C9H17NO/c1-11-7-9-3-2-8(4-9)5-10-6-9/h8,10H,2-7H2,1H3. The first-order valence-corrected chi connectivity index (χ1v) is 4.54. The lowest BCUT2D eigenvalue weighted by atomic mass is 9.84. The van der Waals surface area contributed by atoms with Crippen molar-refractivity contribution in [2.75, 3.05) is 26.8 Å². The van der Waals surface area contributed by atoms with Crippen LogP contribution in [0.25, 0.3) is 0 Å². The maximum absolute atomic E-state index is 5.26. The fraction of sp³-hybridized carbons (Fsp3) is 1.00. The van der Waals surface area contributed by atoms with Crippen LogP contribution in [0, 0.1) is 11.3 Å². The number of rotatable bonds is 2. The molecule has 2 fully saturated rings.